The summed E-state index contributed by atoms with van der Waals surface area (Å²) < 4.78 is 23.6. The van der Waals surface area contributed by atoms with Gasteiger partial charge in [-0.3, -0.25) is 4.79 Å². The van der Waals surface area contributed by atoms with Crippen molar-refractivity contribution in [3.8, 4) is 0 Å². The van der Waals surface area contributed by atoms with Crippen molar-refractivity contribution < 1.29 is 13.2 Å². The molecule has 1 amide bonds. The van der Waals surface area contributed by atoms with Crippen molar-refractivity contribution in [1.82, 2.24) is 0 Å². The second kappa shape index (κ2) is 6.37. The molecule has 0 bridgehead atoms. The molecule has 116 valence electrons. The lowest BCUT2D eigenvalue weighted by Crippen LogP contribution is -2.16. The Morgan fingerprint density at radius 3 is 2.50 bits per heavy atom. The predicted octanol–water partition coefficient (Wildman–Crippen LogP) is 3.31. The molecule has 0 fully saturated rings. The van der Waals surface area contributed by atoms with Gasteiger partial charge in [0, 0.05) is 10.2 Å². The van der Waals surface area contributed by atoms with Gasteiger partial charge in [0.25, 0.3) is 5.91 Å². The molecule has 0 radical (unpaired) electrons. The van der Waals surface area contributed by atoms with Gasteiger partial charge >= 0.3 is 0 Å². The SMILES string of the molecule is Cc1cc(NC(=O)c2cc(S(N)(=O)=O)ccc2Cl)ccc1Br. The first-order valence-corrected chi connectivity index (χ1v) is 8.80. The van der Waals surface area contributed by atoms with E-state index in [1.807, 2.05) is 6.92 Å². The van der Waals surface area contributed by atoms with Crippen LogP contribution in [0.2, 0.25) is 5.02 Å². The van der Waals surface area contributed by atoms with E-state index < -0.39 is 15.9 Å². The summed E-state index contributed by atoms with van der Waals surface area (Å²) in [6.07, 6.45) is 0. The van der Waals surface area contributed by atoms with Crippen LogP contribution in [0.15, 0.2) is 45.8 Å². The Kier molecular flexibility index (Phi) is 4.91. The minimum Gasteiger partial charge on any atom is -0.322 e. The Hall–Kier alpha value is -1.41. The third-order valence-electron chi connectivity index (χ3n) is 2.93. The normalized spacial score (nSPS) is 11.3. The molecule has 0 aromatic heterocycles. The number of sulfonamides is 1. The molecule has 22 heavy (non-hydrogen) atoms. The molecule has 8 heteroatoms. The van der Waals surface area contributed by atoms with Crippen LogP contribution in [-0.2, 0) is 10.0 Å². The summed E-state index contributed by atoms with van der Waals surface area (Å²) >= 11 is 9.33. The molecule has 2 rings (SSSR count). The van der Waals surface area contributed by atoms with Crippen LogP contribution < -0.4 is 10.5 Å². The molecule has 0 saturated carbocycles. The Bertz CT molecular complexity index is 853. The fourth-order valence-corrected chi connectivity index (χ4v) is 2.77. The topological polar surface area (TPSA) is 89.3 Å². The maximum atomic E-state index is 12.3. The van der Waals surface area contributed by atoms with Crippen molar-refractivity contribution in [3.63, 3.8) is 0 Å². The highest BCUT2D eigenvalue weighted by Crippen LogP contribution is 2.23. The van der Waals surface area contributed by atoms with Gasteiger partial charge in [-0.25, -0.2) is 13.6 Å². The minimum absolute atomic E-state index is 0.0359. The van der Waals surface area contributed by atoms with Crippen molar-refractivity contribution in [2.24, 2.45) is 5.14 Å². The van der Waals surface area contributed by atoms with Crippen LogP contribution in [0.1, 0.15) is 15.9 Å². The number of halogens is 2. The number of carbonyl (C=O) groups is 1. The zero-order chi connectivity index (χ0) is 16.5. The molecular formula is C14H12BrClN2O3S. The first kappa shape index (κ1) is 17.0. The van der Waals surface area contributed by atoms with E-state index >= 15 is 0 Å². The smallest absolute Gasteiger partial charge is 0.257 e. The lowest BCUT2D eigenvalue weighted by Gasteiger charge is -2.09. The van der Waals surface area contributed by atoms with E-state index in [2.05, 4.69) is 21.2 Å². The molecule has 0 heterocycles. The van der Waals surface area contributed by atoms with Crippen molar-refractivity contribution in [2.75, 3.05) is 5.32 Å². The van der Waals surface area contributed by atoms with E-state index in [9.17, 15) is 13.2 Å². The molecule has 0 unspecified atom stereocenters. The van der Waals surface area contributed by atoms with Crippen molar-refractivity contribution in [3.05, 3.63) is 57.0 Å². The van der Waals surface area contributed by atoms with Crippen molar-refractivity contribution in [1.29, 1.82) is 0 Å². The molecule has 0 aliphatic rings. The van der Waals surface area contributed by atoms with Gasteiger partial charge < -0.3 is 5.32 Å². The van der Waals surface area contributed by atoms with Crippen LogP contribution in [-0.4, -0.2) is 14.3 Å². The summed E-state index contributed by atoms with van der Waals surface area (Å²) in [6, 6.07) is 9.01. The number of amides is 1. The molecule has 0 aliphatic heterocycles. The summed E-state index contributed by atoms with van der Waals surface area (Å²) in [4.78, 5) is 12.1. The highest BCUT2D eigenvalue weighted by molar-refractivity contribution is 9.10. The predicted molar refractivity (Wildman–Crippen MR) is 89.7 cm³/mol. The standard InChI is InChI=1S/C14H12BrClN2O3S/c1-8-6-9(2-4-12(8)15)18-14(19)11-7-10(22(17,20)21)3-5-13(11)16/h2-7H,1H3,(H,18,19)(H2,17,20,21). The number of nitrogens with one attached hydrogen (secondary N) is 1. The Balaban J connectivity index is 2.35. The highest BCUT2D eigenvalue weighted by Gasteiger charge is 2.16. The number of primary sulfonamides is 1. The minimum atomic E-state index is -3.91. The van der Waals surface area contributed by atoms with Gasteiger partial charge in [-0.15, -0.1) is 0 Å². The number of anilines is 1. The van der Waals surface area contributed by atoms with Gasteiger partial charge in [-0.05, 0) is 48.9 Å². The highest BCUT2D eigenvalue weighted by atomic mass is 79.9. The maximum absolute atomic E-state index is 12.3. The van der Waals surface area contributed by atoms with Crippen LogP contribution >= 0.6 is 27.5 Å². The summed E-state index contributed by atoms with van der Waals surface area (Å²) in [5, 5.41) is 7.86. The summed E-state index contributed by atoms with van der Waals surface area (Å²) in [5.41, 5.74) is 1.55. The third-order valence-corrected chi connectivity index (χ3v) is 5.06. The third kappa shape index (κ3) is 3.86. The van der Waals surface area contributed by atoms with Crippen molar-refractivity contribution in [2.45, 2.75) is 11.8 Å². The zero-order valence-corrected chi connectivity index (χ0v) is 14.6. The van der Waals surface area contributed by atoms with Gasteiger partial charge in [-0.1, -0.05) is 27.5 Å². The Morgan fingerprint density at radius 1 is 1.23 bits per heavy atom. The van der Waals surface area contributed by atoms with Gasteiger partial charge in [0.05, 0.1) is 15.5 Å². The number of benzene rings is 2. The number of aryl methyl sites for hydroxylation is 1. The second-order valence-corrected chi connectivity index (χ2v) is 7.43. The monoisotopic (exact) mass is 402 g/mol. The van der Waals surface area contributed by atoms with Crippen LogP contribution in [0.25, 0.3) is 0 Å². The lowest BCUT2D eigenvalue weighted by atomic mass is 10.2. The van der Waals surface area contributed by atoms with Gasteiger partial charge in [0.15, 0.2) is 0 Å². The molecule has 0 saturated heterocycles. The van der Waals surface area contributed by atoms with E-state index in [-0.39, 0.29) is 15.5 Å². The van der Waals surface area contributed by atoms with Gasteiger partial charge in [0.2, 0.25) is 10.0 Å². The van der Waals surface area contributed by atoms with Gasteiger partial charge in [-0.2, -0.15) is 0 Å². The first-order chi connectivity index (χ1) is 10.2. The average molecular weight is 404 g/mol. The number of rotatable bonds is 3. The zero-order valence-electron chi connectivity index (χ0n) is 11.4. The number of nitrogens with two attached hydrogens (primary N) is 1. The van der Waals surface area contributed by atoms with Crippen LogP contribution in [0.3, 0.4) is 0 Å². The second-order valence-electron chi connectivity index (χ2n) is 4.60. The molecule has 0 aliphatic carbocycles. The van der Waals surface area contributed by atoms with E-state index in [0.29, 0.717) is 5.69 Å². The van der Waals surface area contributed by atoms with Crippen molar-refractivity contribution >= 4 is 49.1 Å². The fourth-order valence-electron chi connectivity index (χ4n) is 1.78. The van der Waals surface area contributed by atoms with Gasteiger partial charge in [0.1, 0.15) is 0 Å². The Morgan fingerprint density at radius 2 is 1.91 bits per heavy atom. The summed E-state index contributed by atoms with van der Waals surface area (Å²) in [6.45, 7) is 1.88. The molecule has 2 aromatic rings. The number of hydrogen-bond donors (Lipinski definition) is 2. The molecule has 3 N–H and O–H groups in total. The molecular weight excluding hydrogens is 392 g/mol. The average Bonchev–Trinajstić information content (AvgIpc) is 2.42. The van der Waals surface area contributed by atoms with E-state index in [1.165, 1.54) is 12.1 Å². The molecule has 2 aromatic carbocycles. The van der Waals surface area contributed by atoms with Crippen LogP contribution in [0.4, 0.5) is 5.69 Å². The van der Waals surface area contributed by atoms with E-state index in [1.54, 1.807) is 18.2 Å². The largest absolute Gasteiger partial charge is 0.322 e. The quantitative estimate of drug-likeness (QED) is 0.824. The lowest BCUT2D eigenvalue weighted by molar-refractivity contribution is 0.102. The number of hydrogen-bond acceptors (Lipinski definition) is 3. The molecule has 5 nitrogen and oxygen atoms in total. The summed E-state index contributed by atoms with van der Waals surface area (Å²) in [5.74, 6) is -0.516. The van der Waals surface area contributed by atoms with E-state index in [4.69, 9.17) is 16.7 Å². The van der Waals surface area contributed by atoms with Crippen LogP contribution in [0.5, 0.6) is 0 Å². The maximum Gasteiger partial charge on any atom is 0.257 e. The molecule has 0 atom stereocenters. The van der Waals surface area contributed by atoms with E-state index in [0.717, 1.165) is 16.1 Å². The first-order valence-electron chi connectivity index (χ1n) is 6.08. The number of carbonyl (C=O) groups excluding carboxylic acids is 1. The fraction of sp³-hybridized carbons (Fsp3) is 0.0714. The van der Waals surface area contributed by atoms with Crippen LogP contribution in [0, 0.1) is 6.92 Å². The Labute approximate surface area is 141 Å². The molecule has 0 spiro atoms. The summed E-state index contributed by atoms with van der Waals surface area (Å²) in [7, 11) is -3.91.